The lowest BCUT2D eigenvalue weighted by Crippen LogP contribution is -2.71. The Hall–Kier alpha value is -2.76. The minimum atomic E-state index is -1.18. The molecule has 2 aliphatic rings. The molecule has 0 aliphatic carbocycles. The number of amides is 3. The number of β-lactam (4-membered cyclic amide) rings is 1. The van der Waals surface area contributed by atoms with Crippen LogP contribution in [0, 0.1) is 0 Å². The third-order valence-corrected chi connectivity index (χ3v) is 8.01. The van der Waals surface area contributed by atoms with Crippen LogP contribution in [0.1, 0.15) is 27.7 Å². The van der Waals surface area contributed by atoms with Gasteiger partial charge in [0.25, 0.3) is 5.91 Å². The molecule has 2 atom stereocenters. The van der Waals surface area contributed by atoms with Crippen LogP contribution in [-0.4, -0.2) is 63.2 Å². The molecule has 186 valence electrons. The number of anilines is 1. The Labute approximate surface area is 215 Å². The van der Waals surface area contributed by atoms with Crippen LogP contribution >= 0.6 is 34.7 Å². The molecule has 3 heterocycles. The van der Waals surface area contributed by atoms with Crippen molar-refractivity contribution in [3.8, 4) is 0 Å². The third-order valence-electron chi connectivity index (χ3n) is 5.40. The van der Waals surface area contributed by atoms with Gasteiger partial charge >= 0.3 is 12.1 Å². The molecule has 35 heavy (non-hydrogen) atoms. The zero-order valence-electron chi connectivity index (χ0n) is 19.5. The van der Waals surface area contributed by atoms with Crippen LogP contribution in [0.2, 0.25) is 5.02 Å². The van der Waals surface area contributed by atoms with Gasteiger partial charge in [0.05, 0.1) is 5.69 Å². The van der Waals surface area contributed by atoms with E-state index in [-0.39, 0.29) is 5.70 Å². The lowest BCUT2D eigenvalue weighted by molar-refractivity contribution is -0.150. The maximum atomic E-state index is 13.1. The second-order valence-corrected chi connectivity index (χ2v) is 11.7. The van der Waals surface area contributed by atoms with Crippen molar-refractivity contribution in [1.82, 2.24) is 10.2 Å². The summed E-state index contributed by atoms with van der Waals surface area (Å²) in [4.78, 5) is 52.9. The Bertz CT molecular complexity index is 1270. The number of rotatable bonds is 5. The second-order valence-electron chi connectivity index (χ2n) is 9.22. The number of carboxylic acids is 1. The molecular weight excluding hydrogens is 514 g/mol. The number of carbonyl (C=O) groups excluding carboxylic acids is 3. The van der Waals surface area contributed by atoms with Gasteiger partial charge in [-0.05, 0) is 51.5 Å². The van der Waals surface area contributed by atoms with Gasteiger partial charge < -0.3 is 15.2 Å². The highest BCUT2D eigenvalue weighted by atomic mass is 35.5. The maximum absolute atomic E-state index is 13.1. The van der Waals surface area contributed by atoms with Crippen LogP contribution in [0.15, 0.2) is 34.8 Å². The van der Waals surface area contributed by atoms with Crippen LogP contribution in [0.4, 0.5) is 10.5 Å². The molecule has 1 fully saturated rings. The van der Waals surface area contributed by atoms with Gasteiger partial charge in [0.1, 0.15) is 29.3 Å². The molecule has 0 spiro atoms. The molecule has 9 nitrogen and oxygen atoms in total. The summed E-state index contributed by atoms with van der Waals surface area (Å²) in [6, 6.07) is 4.40. The van der Waals surface area contributed by atoms with Gasteiger partial charge in [-0.15, -0.1) is 23.1 Å². The number of hydrogen-bond acceptors (Lipinski definition) is 7. The van der Waals surface area contributed by atoms with Gasteiger partial charge in [-0.1, -0.05) is 11.6 Å². The molecule has 1 unspecified atom stereocenters. The summed E-state index contributed by atoms with van der Waals surface area (Å²) >= 11 is 8.94. The number of thioether (sulfide) groups is 1. The SMILES string of the molecule is CC1=C(C(=O)O)N2C(=O)C(NC(=O)CN(C(=O)OC(C)(C)C)c3csc4ccc(Cl)cc34)[C@@H]2SC1. The Morgan fingerprint density at radius 3 is 2.69 bits per heavy atom. The van der Waals surface area contributed by atoms with Gasteiger partial charge in [-0.2, -0.15) is 0 Å². The molecule has 0 radical (unpaired) electrons. The lowest BCUT2D eigenvalue weighted by Gasteiger charge is -2.49. The predicted octanol–water partition coefficient (Wildman–Crippen LogP) is 4.05. The Morgan fingerprint density at radius 1 is 1.31 bits per heavy atom. The van der Waals surface area contributed by atoms with Crippen molar-refractivity contribution in [1.29, 1.82) is 0 Å². The first-order valence-corrected chi connectivity index (χ1v) is 13.0. The third kappa shape index (κ3) is 4.98. The molecule has 1 aromatic carbocycles. The average molecular weight is 538 g/mol. The fraction of sp³-hybridized carbons (Fsp3) is 0.391. The van der Waals surface area contributed by atoms with Crippen LogP contribution < -0.4 is 10.2 Å². The number of carbonyl (C=O) groups is 4. The molecular formula is C23H24ClN3O6S2. The molecule has 2 aliphatic heterocycles. The van der Waals surface area contributed by atoms with E-state index in [1.165, 1.54) is 32.9 Å². The van der Waals surface area contributed by atoms with Crippen molar-refractivity contribution in [2.24, 2.45) is 0 Å². The summed E-state index contributed by atoms with van der Waals surface area (Å²) in [5, 5.41) is 14.6. The highest BCUT2D eigenvalue weighted by Crippen LogP contribution is 2.40. The van der Waals surface area contributed by atoms with E-state index in [4.69, 9.17) is 16.3 Å². The molecule has 1 saturated heterocycles. The van der Waals surface area contributed by atoms with Gasteiger partial charge in [-0.3, -0.25) is 19.4 Å². The van der Waals surface area contributed by atoms with Crippen molar-refractivity contribution in [3.63, 3.8) is 0 Å². The molecule has 2 N–H and O–H groups in total. The van der Waals surface area contributed by atoms with Crippen molar-refractivity contribution in [2.45, 2.75) is 44.7 Å². The molecule has 1 aromatic heterocycles. The number of carboxylic acid groups (broad SMARTS) is 1. The van der Waals surface area contributed by atoms with E-state index in [1.807, 2.05) is 6.07 Å². The van der Waals surface area contributed by atoms with Gasteiger partial charge in [-0.25, -0.2) is 9.59 Å². The van der Waals surface area contributed by atoms with Crippen LogP contribution in [-0.2, 0) is 19.1 Å². The quantitative estimate of drug-likeness (QED) is 0.552. The van der Waals surface area contributed by atoms with E-state index < -0.39 is 47.4 Å². The van der Waals surface area contributed by atoms with E-state index in [0.29, 0.717) is 27.4 Å². The number of nitrogens with zero attached hydrogens (tertiary/aromatic N) is 2. The molecule has 3 amide bonds. The first-order chi connectivity index (χ1) is 16.4. The monoisotopic (exact) mass is 537 g/mol. The lowest BCUT2D eigenvalue weighted by atomic mass is 10.0. The zero-order chi connectivity index (χ0) is 25.7. The molecule has 0 saturated carbocycles. The summed E-state index contributed by atoms with van der Waals surface area (Å²) in [6.45, 7) is 6.45. The summed E-state index contributed by atoms with van der Waals surface area (Å²) < 4.78 is 6.42. The first kappa shape index (κ1) is 25.3. The largest absolute Gasteiger partial charge is 0.477 e. The van der Waals surface area contributed by atoms with Crippen LogP contribution in [0.5, 0.6) is 0 Å². The van der Waals surface area contributed by atoms with Crippen molar-refractivity contribution < 1.29 is 29.0 Å². The van der Waals surface area contributed by atoms with Crippen LogP contribution in [0.3, 0.4) is 0 Å². The van der Waals surface area contributed by atoms with Gasteiger partial charge in [0.15, 0.2) is 0 Å². The van der Waals surface area contributed by atoms with E-state index in [9.17, 15) is 24.3 Å². The number of nitrogens with one attached hydrogen (secondary N) is 1. The zero-order valence-corrected chi connectivity index (χ0v) is 21.8. The highest BCUT2D eigenvalue weighted by Gasteiger charge is 2.53. The standard InChI is InChI=1S/C23H24ClN3O6S2/c1-11-9-35-20-17(19(29)27(20)18(11)21(30)31)25-16(28)8-26(22(32)33-23(2,3)4)14-10-34-15-6-5-12(24)7-13(14)15/h5-7,10,17,20H,8-9H2,1-4H3,(H,25,28)(H,30,31)/t17?,20-/m0/s1. The highest BCUT2D eigenvalue weighted by molar-refractivity contribution is 8.00. The molecule has 0 bridgehead atoms. The molecule has 12 heteroatoms. The topological polar surface area (TPSA) is 116 Å². The summed E-state index contributed by atoms with van der Waals surface area (Å²) in [5.74, 6) is -1.80. The first-order valence-electron chi connectivity index (χ1n) is 10.7. The maximum Gasteiger partial charge on any atom is 0.415 e. The number of benzene rings is 1. The summed E-state index contributed by atoms with van der Waals surface area (Å²) in [5.41, 5.74) is 0.227. The number of thiophene rings is 1. The molecule has 2 aromatic rings. The molecule has 4 rings (SSSR count). The average Bonchev–Trinajstić information content (AvgIpc) is 3.16. The van der Waals surface area contributed by atoms with Crippen LogP contribution in [0.25, 0.3) is 10.1 Å². The summed E-state index contributed by atoms with van der Waals surface area (Å²) in [7, 11) is 0. The number of halogens is 1. The van der Waals surface area contributed by atoms with E-state index in [1.54, 1.807) is 45.2 Å². The van der Waals surface area contributed by atoms with Gasteiger partial charge in [0, 0.05) is 26.2 Å². The Kier molecular flexibility index (Phi) is 6.78. The van der Waals surface area contributed by atoms with Gasteiger partial charge in [0.2, 0.25) is 5.91 Å². The number of aliphatic carboxylic acids is 1. The van der Waals surface area contributed by atoms with Crippen molar-refractivity contribution in [3.05, 3.63) is 39.9 Å². The second kappa shape index (κ2) is 9.36. The van der Waals surface area contributed by atoms with E-state index >= 15 is 0 Å². The fourth-order valence-corrected chi connectivity index (χ4v) is 6.29. The predicted molar refractivity (Wildman–Crippen MR) is 136 cm³/mol. The number of hydrogen-bond donors (Lipinski definition) is 2. The smallest absolute Gasteiger partial charge is 0.415 e. The Morgan fingerprint density at radius 2 is 2.03 bits per heavy atom. The van der Waals surface area contributed by atoms with Crippen molar-refractivity contribution >= 4 is 74.4 Å². The normalized spacial score (nSPS) is 19.8. The van der Waals surface area contributed by atoms with Crippen molar-refractivity contribution in [2.75, 3.05) is 17.2 Å². The fourth-order valence-electron chi connectivity index (χ4n) is 3.90. The van der Waals surface area contributed by atoms with E-state index in [2.05, 4.69) is 5.32 Å². The van der Waals surface area contributed by atoms with E-state index in [0.717, 1.165) is 4.70 Å². The number of ether oxygens (including phenoxy) is 1. The minimum absolute atomic E-state index is 0.0405. The minimum Gasteiger partial charge on any atom is -0.477 e. The summed E-state index contributed by atoms with van der Waals surface area (Å²) in [6.07, 6.45) is -0.715. The Balaban J connectivity index is 1.56. The number of fused-ring (bicyclic) bond motifs is 2.